The van der Waals surface area contributed by atoms with Gasteiger partial charge >= 0.3 is 0 Å². The summed E-state index contributed by atoms with van der Waals surface area (Å²) >= 11 is 3.52. The van der Waals surface area contributed by atoms with E-state index in [2.05, 4.69) is 37.5 Å². The summed E-state index contributed by atoms with van der Waals surface area (Å²) in [6.07, 6.45) is 1.76. The van der Waals surface area contributed by atoms with Crippen molar-refractivity contribution in [1.29, 1.82) is 0 Å². The molecule has 78 valence electrons. The topological polar surface area (TPSA) is 40.7 Å². The van der Waals surface area contributed by atoms with Crippen molar-refractivity contribution in [2.45, 2.75) is 13.1 Å². The molecule has 2 rings (SSSR count). The first-order chi connectivity index (χ1) is 7.36. The van der Waals surface area contributed by atoms with E-state index in [0.29, 0.717) is 0 Å². The Hall–Kier alpha value is -1.13. The van der Waals surface area contributed by atoms with Crippen molar-refractivity contribution in [3.05, 3.63) is 52.3 Å². The largest absolute Gasteiger partial charge is 0.307 e. The lowest BCUT2D eigenvalue weighted by molar-refractivity contribution is 0.676. The highest BCUT2D eigenvalue weighted by Crippen LogP contribution is 2.15. The van der Waals surface area contributed by atoms with E-state index in [9.17, 15) is 0 Å². The molecular formula is C11H12BrN3. The smallest absolute Gasteiger partial charge is 0.0490 e. The van der Waals surface area contributed by atoms with Crippen LogP contribution in [0.2, 0.25) is 0 Å². The standard InChI is InChI=1S/C11H12BrN3/c12-11-4-2-1-3-9(11)7-13-8-10-5-6-14-15-10/h1-6,13H,7-8H2,(H,14,15). The van der Waals surface area contributed by atoms with Crippen molar-refractivity contribution in [1.82, 2.24) is 15.5 Å². The lowest BCUT2D eigenvalue weighted by Crippen LogP contribution is -2.13. The molecule has 4 heteroatoms. The number of benzene rings is 1. The van der Waals surface area contributed by atoms with Gasteiger partial charge in [-0.1, -0.05) is 34.1 Å². The van der Waals surface area contributed by atoms with Crippen molar-refractivity contribution in [2.75, 3.05) is 0 Å². The van der Waals surface area contributed by atoms with Crippen LogP contribution >= 0.6 is 15.9 Å². The van der Waals surface area contributed by atoms with Gasteiger partial charge in [-0.05, 0) is 17.7 Å². The summed E-state index contributed by atoms with van der Waals surface area (Å²) < 4.78 is 1.14. The second-order valence-electron chi connectivity index (χ2n) is 3.28. The average molecular weight is 266 g/mol. The molecule has 0 atom stereocenters. The normalized spacial score (nSPS) is 10.5. The van der Waals surface area contributed by atoms with Crippen LogP contribution < -0.4 is 5.32 Å². The summed E-state index contributed by atoms with van der Waals surface area (Å²) in [5, 5.41) is 10.1. The predicted octanol–water partition coefficient (Wildman–Crippen LogP) is 2.46. The highest BCUT2D eigenvalue weighted by molar-refractivity contribution is 9.10. The van der Waals surface area contributed by atoms with Gasteiger partial charge in [-0.2, -0.15) is 5.10 Å². The highest BCUT2D eigenvalue weighted by Gasteiger charge is 1.98. The molecule has 0 spiro atoms. The fourth-order valence-electron chi connectivity index (χ4n) is 1.36. The van der Waals surface area contributed by atoms with E-state index in [0.717, 1.165) is 23.3 Å². The molecule has 0 fully saturated rings. The molecule has 0 unspecified atom stereocenters. The van der Waals surface area contributed by atoms with E-state index < -0.39 is 0 Å². The third-order valence-corrected chi connectivity index (χ3v) is 2.92. The van der Waals surface area contributed by atoms with E-state index in [1.165, 1.54) is 5.56 Å². The van der Waals surface area contributed by atoms with Gasteiger partial charge in [0.15, 0.2) is 0 Å². The first kappa shape index (κ1) is 10.4. The molecule has 0 saturated carbocycles. The number of aromatic nitrogens is 2. The maximum absolute atomic E-state index is 3.89. The summed E-state index contributed by atoms with van der Waals surface area (Å²) in [6, 6.07) is 10.2. The number of hydrogen-bond donors (Lipinski definition) is 2. The van der Waals surface area contributed by atoms with Gasteiger partial charge in [0.25, 0.3) is 0 Å². The van der Waals surface area contributed by atoms with Crippen LogP contribution in [0.25, 0.3) is 0 Å². The van der Waals surface area contributed by atoms with Crippen LogP contribution in [0.1, 0.15) is 11.3 Å². The summed E-state index contributed by atoms with van der Waals surface area (Å²) in [6.45, 7) is 1.65. The van der Waals surface area contributed by atoms with E-state index in [4.69, 9.17) is 0 Å². The third-order valence-electron chi connectivity index (χ3n) is 2.15. The van der Waals surface area contributed by atoms with Crippen molar-refractivity contribution in [2.24, 2.45) is 0 Å². The van der Waals surface area contributed by atoms with Gasteiger partial charge in [-0.15, -0.1) is 0 Å². The molecule has 0 radical (unpaired) electrons. The summed E-state index contributed by atoms with van der Waals surface area (Å²) in [7, 11) is 0. The Bertz CT molecular complexity index is 412. The Kier molecular flexibility index (Phi) is 3.53. The van der Waals surface area contributed by atoms with E-state index in [1.807, 2.05) is 24.3 Å². The van der Waals surface area contributed by atoms with Gasteiger partial charge in [0, 0.05) is 29.5 Å². The van der Waals surface area contributed by atoms with Crippen LogP contribution in [0.4, 0.5) is 0 Å². The first-order valence-corrected chi connectivity index (χ1v) is 5.58. The molecule has 2 N–H and O–H groups in total. The molecule has 0 aliphatic carbocycles. The average Bonchev–Trinajstić information content (AvgIpc) is 2.74. The van der Waals surface area contributed by atoms with Crippen LogP contribution in [0, 0.1) is 0 Å². The first-order valence-electron chi connectivity index (χ1n) is 4.78. The molecule has 1 aromatic heterocycles. The predicted molar refractivity (Wildman–Crippen MR) is 63.3 cm³/mol. The molecule has 0 bridgehead atoms. The van der Waals surface area contributed by atoms with Crippen molar-refractivity contribution in [3.63, 3.8) is 0 Å². The van der Waals surface area contributed by atoms with Gasteiger partial charge < -0.3 is 5.32 Å². The number of nitrogens with zero attached hydrogens (tertiary/aromatic N) is 1. The molecule has 0 saturated heterocycles. The number of rotatable bonds is 4. The van der Waals surface area contributed by atoms with E-state index in [-0.39, 0.29) is 0 Å². The molecule has 1 heterocycles. The van der Waals surface area contributed by atoms with Crippen molar-refractivity contribution >= 4 is 15.9 Å². The maximum Gasteiger partial charge on any atom is 0.0490 e. The quantitative estimate of drug-likeness (QED) is 0.892. The molecule has 0 aliphatic heterocycles. The lowest BCUT2D eigenvalue weighted by atomic mass is 10.2. The fourth-order valence-corrected chi connectivity index (χ4v) is 1.78. The van der Waals surface area contributed by atoms with E-state index >= 15 is 0 Å². The van der Waals surface area contributed by atoms with Gasteiger partial charge in [-0.25, -0.2) is 0 Å². The molecule has 0 amide bonds. The monoisotopic (exact) mass is 265 g/mol. The number of H-pyrrole nitrogens is 1. The Morgan fingerprint density at radius 1 is 1.20 bits per heavy atom. The lowest BCUT2D eigenvalue weighted by Gasteiger charge is -2.05. The minimum atomic E-state index is 0.807. The maximum atomic E-state index is 3.89. The Morgan fingerprint density at radius 2 is 2.07 bits per heavy atom. The van der Waals surface area contributed by atoms with Gasteiger partial charge in [0.2, 0.25) is 0 Å². The van der Waals surface area contributed by atoms with Crippen molar-refractivity contribution < 1.29 is 0 Å². The Morgan fingerprint density at radius 3 is 2.80 bits per heavy atom. The Labute approximate surface area is 97.0 Å². The summed E-state index contributed by atoms with van der Waals surface area (Å²) in [5.74, 6) is 0. The van der Waals surface area contributed by atoms with Crippen LogP contribution in [0.3, 0.4) is 0 Å². The van der Waals surface area contributed by atoms with Crippen LogP contribution in [0.5, 0.6) is 0 Å². The number of nitrogens with one attached hydrogen (secondary N) is 2. The van der Waals surface area contributed by atoms with Gasteiger partial charge in [0.05, 0.1) is 0 Å². The van der Waals surface area contributed by atoms with Crippen molar-refractivity contribution in [3.8, 4) is 0 Å². The minimum Gasteiger partial charge on any atom is -0.307 e. The third kappa shape index (κ3) is 2.91. The summed E-state index contributed by atoms with van der Waals surface area (Å²) in [4.78, 5) is 0. The number of hydrogen-bond acceptors (Lipinski definition) is 2. The number of aromatic amines is 1. The second kappa shape index (κ2) is 5.09. The minimum absolute atomic E-state index is 0.807. The highest BCUT2D eigenvalue weighted by atomic mass is 79.9. The van der Waals surface area contributed by atoms with Gasteiger partial charge in [0.1, 0.15) is 0 Å². The molecule has 0 aliphatic rings. The molecule has 1 aromatic carbocycles. The molecule has 2 aromatic rings. The second-order valence-corrected chi connectivity index (χ2v) is 4.13. The zero-order valence-corrected chi connectivity index (χ0v) is 9.79. The Balaban J connectivity index is 1.86. The van der Waals surface area contributed by atoms with Gasteiger partial charge in [-0.3, -0.25) is 5.10 Å². The molecule has 3 nitrogen and oxygen atoms in total. The zero-order chi connectivity index (χ0) is 10.5. The van der Waals surface area contributed by atoms with E-state index in [1.54, 1.807) is 6.20 Å². The van der Waals surface area contributed by atoms with Crippen LogP contribution in [0.15, 0.2) is 41.0 Å². The summed E-state index contributed by atoms with van der Waals surface area (Å²) in [5.41, 5.74) is 2.36. The zero-order valence-electron chi connectivity index (χ0n) is 8.20. The SMILES string of the molecule is Brc1ccccc1CNCc1ccn[nH]1. The van der Waals surface area contributed by atoms with Crippen LogP contribution in [-0.4, -0.2) is 10.2 Å². The molecule has 15 heavy (non-hydrogen) atoms. The fraction of sp³-hybridized carbons (Fsp3) is 0.182. The molecular weight excluding hydrogens is 254 g/mol. The van der Waals surface area contributed by atoms with Crippen LogP contribution in [-0.2, 0) is 13.1 Å². The number of halogens is 1.